The van der Waals surface area contributed by atoms with E-state index in [-0.39, 0.29) is 5.60 Å². The zero-order valence-electron chi connectivity index (χ0n) is 8.46. The first-order valence-electron chi connectivity index (χ1n) is 5.57. The smallest absolute Gasteiger partial charge is 0.146 e. The average molecular weight is 181 g/mol. The molecule has 0 amide bonds. The predicted molar refractivity (Wildman–Crippen MR) is 53.8 cm³/mol. The summed E-state index contributed by atoms with van der Waals surface area (Å²) in [6, 6.07) is 0. The molecule has 1 fully saturated rings. The fourth-order valence-electron chi connectivity index (χ4n) is 2.27. The largest absolute Gasteiger partial charge is 0.389 e. The number of hydrogen-bond acceptors (Lipinski definition) is 2. The Kier molecular flexibility index (Phi) is 2.56. The maximum Gasteiger partial charge on any atom is 0.146 e. The quantitative estimate of drug-likeness (QED) is 0.597. The van der Waals surface area contributed by atoms with E-state index in [0.717, 1.165) is 12.3 Å². The zero-order chi connectivity index (χ0) is 9.15. The van der Waals surface area contributed by atoms with E-state index in [1.807, 2.05) is 6.21 Å². The van der Waals surface area contributed by atoms with Crippen LogP contribution in [0.5, 0.6) is 0 Å². The second-order valence-electron chi connectivity index (χ2n) is 4.40. The third-order valence-electron chi connectivity index (χ3n) is 3.33. The molecule has 0 aromatic carbocycles. The molecule has 74 valence electrons. The normalized spacial score (nSPS) is 35.3. The molecule has 2 heteroatoms. The maximum absolute atomic E-state index is 5.39. The number of unbranched alkanes of at least 4 members (excludes halogenated alkanes) is 3. The van der Waals surface area contributed by atoms with Crippen molar-refractivity contribution in [3.63, 3.8) is 0 Å². The van der Waals surface area contributed by atoms with Crippen molar-refractivity contribution in [2.45, 2.75) is 57.5 Å². The van der Waals surface area contributed by atoms with E-state index < -0.39 is 0 Å². The van der Waals surface area contributed by atoms with Gasteiger partial charge in [0.05, 0.1) is 0 Å². The molecule has 1 heterocycles. The van der Waals surface area contributed by atoms with Crippen LogP contribution in [-0.2, 0) is 4.84 Å². The van der Waals surface area contributed by atoms with E-state index >= 15 is 0 Å². The lowest BCUT2D eigenvalue weighted by Gasteiger charge is -2.06. The summed E-state index contributed by atoms with van der Waals surface area (Å²) in [5.74, 6) is 0.812. The van der Waals surface area contributed by atoms with E-state index in [1.54, 1.807) is 0 Å². The Morgan fingerprint density at radius 1 is 1.46 bits per heavy atom. The van der Waals surface area contributed by atoms with E-state index in [9.17, 15) is 0 Å². The third-order valence-corrected chi connectivity index (χ3v) is 3.33. The summed E-state index contributed by atoms with van der Waals surface area (Å²) in [7, 11) is 0. The zero-order valence-corrected chi connectivity index (χ0v) is 8.46. The summed E-state index contributed by atoms with van der Waals surface area (Å²) in [4.78, 5) is 5.39. The van der Waals surface area contributed by atoms with Crippen molar-refractivity contribution >= 4 is 6.21 Å². The van der Waals surface area contributed by atoms with Crippen LogP contribution in [0.1, 0.15) is 51.9 Å². The second-order valence-corrected chi connectivity index (χ2v) is 4.40. The van der Waals surface area contributed by atoms with Crippen LogP contribution >= 0.6 is 0 Å². The molecule has 2 nitrogen and oxygen atoms in total. The van der Waals surface area contributed by atoms with Gasteiger partial charge in [-0.05, 0) is 12.8 Å². The summed E-state index contributed by atoms with van der Waals surface area (Å²) in [6.07, 6.45) is 11.1. The summed E-state index contributed by atoms with van der Waals surface area (Å²) in [5, 5.41) is 3.87. The minimum absolute atomic E-state index is 0.187. The monoisotopic (exact) mass is 181 g/mol. The van der Waals surface area contributed by atoms with Gasteiger partial charge in [-0.1, -0.05) is 37.8 Å². The van der Waals surface area contributed by atoms with Crippen molar-refractivity contribution in [3.05, 3.63) is 0 Å². The summed E-state index contributed by atoms with van der Waals surface area (Å²) >= 11 is 0. The summed E-state index contributed by atoms with van der Waals surface area (Å²) < 4.78 is 0. The molecule has 1 aliphatic carbocycles. The van der Waals surface area contributed by atoms with Crippen molar-refractivity contribution in [1.82, 2.24) is 0 Å². The van der Waals surface area contributed by atoms with Crippen LogP contribution in [0.2, 0.25) is 0 Å². The Balaban J connectivity index is 1.58. The van der Waals surface area contributed by atoms with Crippen LogP contribution < -0.4 is 0 Å². The van der Waals surface area contributed by atoms with Crippen LogP contribution in [0.15, 0.2) is 5.16 Å². The van der Waals surface area contributed by atoms with E-state index in [2.05, 4.69) is 12.1 Å². The fourth-order valence-corrected chi connectivity index (χ4v) is 2.27. The van der Waals surface area contributed by atoms with Crippen molar-refractivity contribution < 1.29 is 4.84 Å². The molecule has 0 saturated heterocycles. The van der Waals surface area contributed by atoms with Gasteiger partial charge in [0.2, 0.25) is 0 Å². The molecule has 0 aromatic rings. The van der Waals surface area contributed by atoms with E-state index in [4.69, 9.17) is 4.84 Å². The van der Waals surface area contributed by atoms with E-state index in [0.29, 0.717) is 0 Å². The molecule has 1 saturated carbocycles. The van der Waals surface area contributed by atoms with Crippen molar-refractivity contribution in [1.29, 1.82) is 0 Å². The molecule has 2 rings (SSSR count). The van der Waals surface area contributed by atoms with Crippen LogP contribution in [0.25, 0.3) is 0 Å². The van der Waals surface area contributed by atoms with Gasteiger partial charge in [0.15, 0.2) is 0 Å². The summed E-state index contributed by atoms with van der Waals surface area (Å²) in [5.41, 5.74) is 0.187. The molecule has 2 aliphatic rings. The Bertz CT molecular complexity index is 192. The van der Waals surface area contributed by atoms with Crippen LogP contribution in [0, 0.1) is 5.92 Å². The second kappa shape index (κ2) is 3.69. The van der Waals surface area contributed by atoms with Gasteiger partial charge in [-0.3, -0.25) is 0 Å². The van der Waals surface area contributed by atoms with Crippen molar-refractivity contribution in [2.75, 3.05) is 0 Å². The first kappa shape index (κ1) is 9.04. The third kappa shape index (κ3) is 1.87. The highest BCUT2D eigenvalue weighted by molar-refractivity contribution is 5.61. The van der Waals surface area contributed by atoms with Gasteiger partial charge in [-0.25, -0.2) is 0 Å². The van der Waals surface area contributed by atoms with Gasteiger partial charge in [0, 0.05) is 18.6 Å². The predicted octanol–water partition coefficient (Wildman–Crippen LogP) is 3.12. The van der Waals surface area contributed by atoms with Crippen molar-refractivity contribution in [3.8, 4) is 0 Å². The maximum atomic E-state index is 5.39. The summed E-state index contributed by atoms with van der Waals surface area (Å²) in [6.45, 7) is 2.26. The molecule has 0 bridgehead atoms. The topological polar surface area (TPSA) is 21.6 Å². The van der Waals surface area contributed by atoms with E-state index in [1.165, 1.54) is 38.5 Å². The van der Waals surface area contributed by atoms with Gasteiger partial charge in [0.1, 0.15) is 5.60 Å². The number of oxime groups is 1. The van der Waals surface area contributed by atoms with Gasteiger partial charge in [0.25, 0.3) is 0 Å². The van der Waals surface area contributed by atoms with Crippen LogP contribution in [-0.4, -0.2) is 11.8 Å². The molecule has 0 N–H and O–H groups in total. The Morgan fingerprint density at radius 3 is 3.08 bits per heavy atom. The van der Waals surface area contributed by atoms with Gasteiger partial charge in [-0.2, -0.15) is 0 Å². The highest BCUT2D eigenvalue weighted by Gasteiger charge is 2.57. The average Bonchev–Trinajstić information content (AvgIpc) is 2.58. The van der Waals surface area contributed by atoms with Gasteiger partial charge in [-0.15, -0.1) is 0 Å². The fraction of sp³-hybridized carbons (Fsp3) is 0.909. The van der Waals surface area contributed by atoms with Gasteiger partial charge >= 0.3 is 0 Å². The van der Waals surface area contributed by atoms with Crippen molar-refractivity contribution in [2.24, 2.45) is 11.1 Å². The SMILES string of the molecule is CCCCCCC1CC12CC=NO2. The molecule has 1 spiro atoms. The lowest BCUT2D eigenvalue weighted by Crippen LogP contribution is -2.09. The minimum atomic E-state index is 0.187. The highest BCUT2D eigenvalue weighted by Crippen LogP contribution is 2.53. The lowest BCUT2D eigenvalue weighted by molar-refractivity contribution is 0.0501. The molecule has 2 atom stereocenters. The first-order chi connectivity index (χ1) is 6.37. The minimum Gasteiger partial charge on any atom is -0.389 e. The molecule has 1 aliphatic heterocycles. The Hall–Kier alpha value is -0.530. The van der Waals surface area contributed by atoms with Crippen LogP contribution in [0.3, 0.4) is 0 Å². The molecule has 13 heavy (non-hydrogen) atoms. The van der Waals surface area contributed by atoms with Gasteiger partial charge < -0.3 is 4.84 Å². The first-order valence-corrected chi connectivity index (χ1v) is 5.57. The highest BCUT2D eigenvalue weighted by atomic mass is 16.7. The molecule has 2 unspecified atom stereocenters. The molecular formula is C11H19NO. The molecule has 0 radical (unpaired) electrons. The molecular weight excluding hydrogens is 162 g/mol. The number of rotatable bonds is 5. The Labute approximate surface area is 80.3 Å². The standard InChI is InChI=1S/C11H19NO/c1-2-3-4-5-6-10-9-11(10)7-8-12-13-11/h8,10H,2-7,9H2,1H3. The van der Waals surface area contributed by atoms with Crippen LogP contribution in [0.4, 0.5) is 0 Å². The number of nitrogens with zero attached hydrogens (tertiary/aromatic N) is 1. The lowest BCUT2D eigenvalue weighted by atomic mass is 10.1. The molecule has 0 aromatic heterocycles. The number of hydrogen-bond donors (Lipinski definition) is 0. The Morgan fingerprint density at radius 2 is 2.38 bits per heavy atom.